The molecule has 0 saturated heterocycles. The van der Waals surface area contributed by atoms with Crippen molar-refractivity contribution in [1.29, 1.82) is 0 Å². The Bertz CT molecular complexity index is 314. The highest BCUT2D eigenvalue weighted by Crippen LogP contribution is 2.30. The third-order valence-electron chi connectivity index (χ3n) is 2.36. The van der Waals surface area contributed by atoms with Crippen LogP contribution in [0.4, 0.5) is 0 Å². The first-order chi connectivity index (χ1) is 7.19. The van der Waals surface area contributed by atoms with Gasteiger partial charge in [-0.1, -0.05) is 30.7 Å². The van der Waals surface area contributed by atoms with Crippen molar-refractivity contribution in [2.45, 2.75) is 32.8 Å². The molecular formula is C12H18ClNO. The van der Waals surface area contributed by atoms with E-state index in [2.05, 4.69) is 6.92 Å². The summed E-state index contributed by atoms with van der Waals surface area (Å²) in [6.07, 6.45) is 1.95. The Morgan fingerprint density at radius 2 is 2.20 bits per heavy atom. The van der Waals surface area contributed by atoms with Gasteiger partial charge in [-0.3, -0.25) is 0 Å². The van der Waals surface area contributed by atoms with Crippen molar-refractivity contribution >= 4 is 11.6 Å². The van der Waals surface area contributed by atoms with Crippen LogP contribution in [-0.4, -0.2) is 12.6 Å². The summed E-state index contributed by atoms with van der Waals surface area (Å²) in [6.45, 7) is 4.73. The summed E-state index contributed by atoms with van der Waals surface area (Å²) in [5.41, 5.74) is 6.63. The van der Waals surface area contributed by atoms with Crippen LogP contribution in [0.25, 0.3) is 0 Å². The molecular weight excluding hydrogens is 210 g/mol. The smallest absolute Gasteiger partial charge is 0.141 e. The predicted octanol–water partition coefficient (Wildman–Crippen LogP) is 3.02. The van der Waals surface area contributed by atoms with Gasteiger partial charge in [-0.2, -0.15) is 0 Å². The van der Waals surface area contributed by atoms with E-state index < -0.39 is 0 Å². The van der Waals surface area contributed by atoms with E-state index in [0.717, 1.165) is 24.2 Å². The zero-order valence-corrected chi connectivity index (χ0v) is 10.1. The van der Waals surface area contributed by atoms with E-state index in [1.807, 2.05) is 25.1 Å². The maximum Gasteiger partial charge on any atom is 0.141 e. The van der Waals surface area contributed by atoms with Gasteiger partial charge in [-0.05, 0) is 37.9 Å². The SMILES string of the molecule is CCC(C)Oc1c(Cl)cccc1CCN. The molecule has 84 valence electrons. The Balaban J connectivity index is 2.91. The lowest BCUT2D eigenvalue weighted by molar-refractivity contribution is 0.215. The third-order valence-corrected chi connectivity index (χ3v) is 2.65. The summed E-state index contributed by atoms with van der Waals surface area (Å²) in [5.74, 6) is 0.791. The zero-order chi connectivity index (χ0) is 11.3. The second kappa shape index (κ2) is 5.99. The quantitative estimate of drug-likeness (QED) is 0.839. The molecule has 15 heavy (non-hydrogen) atoms. The number of rotatable bonds is 5. The molecule has 2 nitrogen and oxygen atoms in total. The molecule has 1 aromatic rings. The lowest BCUT2D eigenvalue weighted by Gasteiger charge is -2.17. The summed E-state index contributed by atoms with van der Waals surface area (Å²) in [7, 11) is 0. The van der Waals surface area contributed by atoms with Crippen molar-refractivity contribution in [3.05, 3.63) is 28.8 Å². The molecule has 0 bridgehead atoms. The van der Waals surface area contributed by atoms with Crippen LogP contribution >= 0.6 is 11.6 Å². The molecule has 1 unspecified atom stereocenters. The molecule has 0 fully saturated rings. The van der Waals surface area contributed by atoms with E-state index in [1.165, 1.54) is 0 Å². The van der Waals surface area contributed by atoms with Crippen LogP contribution in [0.3, 0.4) is 0 Å². The lowest BCUT2D eigenvalue weighted by Crippen LogP contribution is -2.13. The highest BCUT2D eigenvalue weighted by Gasteiger charge is 2.10. The van der Waals surface area contributed by atoms with E-state index in [-0.39, 0.29) is 6.10 Å². The van der Waals surface area contributed by atoms with Gasteiger partial charge in [0.1, 0.15) is 5.75 Å². The van der Waals surface area contributed by atoms with E-state index in [9.17, 15) is 0 Å². The maximum absolute atomic E-state index is 6.10. The number of benzene rings is 1. The summed E-state index contributed by atoms with van der Waals surface area (Å²) >= 11 is 6.10. The first kappa shape index (κ1) is 12.3. The average Bonchev–Trinajstić information content (AvgIpc) is 2.23. The monoisotopic (exact) mass is 227 g/mol. The standard InChI is InChI=1S/C12H18ClNO/c1-3-9(2)15-12-10(7-8-14)5-4-6-11(12)13/h4-6,9H,3,7-8,14H2,1-2H3. The third kappa shape index (κ3) is 3.40. The topological polar surface area (TPSA) is 35.2 Å². The normalized spacial score (nSPS) is 12.5. The van der Waals surface area contributed by atoms with E-state index >= 15 is 0 Å². The molecule has 0 aliphatic heterocycles. The van der Waals surface area contributed by atoms with E-state index in [0.29, 0.717) is 11.6 Å². The Morgan fingerprint density at radius 1 is 1.47 bits per heavy atom. The molecule has 0 radical (unpaired) electrons. The van der Waals surface area contributed by atoms with Crippen molar-refractivity contribution in [1.82, 2.24) is 0 Å². The van der Waals surface area contributed by atoms with E-state index in [1.54, 1.807) is 0 Å². The van der Waals surface area contributed by atoms with Gasteiger partial charge in [0.05, 0.1) is 11.1 Å². The first-order valence-electron chi connectivity index (χ1n) is 5.33. The lowest BCUT2D eigenvalue weighted by atomic mass is 10.1. The summed E-state index contributed by atoms with van der Waals surface area (Å²) in [6, 6.07) is 5.78. The number of para-hydroxylation sites is 1. The van der Waals surface area contributed by atoms with Gasteiger partial charge in [0.2, 0.25) is 0 Å². The molecule has 0 aromatic heterocycles. The van der Waals surface area contributed by atoms with Gasteiger partial charge in [0.25, 0.3) is 0 Å². The number of hydrogen-bond acceptors (Lipinski definition) is 2. The van der Waals surface area contributed by atoms with Gasteiger partial charge in [0.15, 0.2) is 0 Å². The van der Waals surface area contributed by atoms with Crippen molar-refractivity contribution in [2.75, 3.05) is 6.54 Å². The van der Waals surface area contributed by atoms with Crippen LogP contribution in [0, 0.1) is 0 Å². The Kier molecular flexibility index (Phi) is 4.92. The molecule has 1 rings (SSSR count). The molecule has 1 aromatic carbocycles. The second-order valence-corrected chi connectivity index (χ2v) is 4.01. The van der Waals surface area contributed by atoms with Gasteiger partial charge >= 0.3 is 0 Å². The van der Waals surface area contributed by atoms with Crippen molar-refractivity contribution < 1.29 is 4.74 Å². The second-order valence-electron chi connectivity index (χ2n) is 3.60. The van der Waals surface area contributed by atoms with Crippen LogP contribution < -0.4 is 10.5 Å². The zero-order valence-electron chi connectivity index (χ0n) is 9.29. The van der Waals surface area contributed by atoms with Crippen LogP contribution in [0.2, 0.25) is 5.02 Å². The molecule has 1 atom stereocenters. The highest BCUT2D eigenvalue weighted by molar-refractivity contribution is 6.32. The molecule has 0 aliphatic carbocycles. The van der Waals surface area contributed by atoms with Crippen LogP contribution in [0.15, 0.2) is 18.2 Å². The number of nitrogens with two attached hydrogens (primary N) is 1. The van der Waals surface area contributed by atoms with Gasteiger partial charge in [-0.15, -0.1) is 0 Å². The van der Waals surface area contributed by atoms with E-state index in [4.69, 9.17) is 22.1 Å². The number of hydrogen-bond donors (Lipinski definition) is 1. The Morgan fingerprint density at radius 3 is 2.80 bits per heavy atom. The molecule has 0 spiro atoms. The minimum atomic E-state index is 0.182. The van der Waals surface area contributed by atoms with Crippen LogP contribution in [0.1, 0.15) is 25.8 Å². The molecule has 0 amide bonds. The number of halogens is 1. The molecule has 0 aliphatic rings. The van der Waals surface area contributed by atoms with Crippen molar-refractivity contribution in [2.24, 2.45) is 5.73 Å². The van der Waals surface area contributed by atoms with Crippen molar-refractivity contribution in [3.8, 4) is 5.75 Å². The average molecular weight is 228 g/mol. The fraction of sp³-hybridized carbons (Fsp3) is 0.500. The van der Waals surface area contributed by atoms with Gasteiger partial charge in [-0.25, -0.2) is 0 Å². The van der Waals surface area contributed by atoms with Gasteiger partial charge in [0, 0.05) is 0 Å². The largest absolute Gasteiger partial charge is 0.489 e. The Hall–Kier alpha value is -0.730. The van der Waals surface area contributed by atoms with Gasteiger partial charge < -0.3 is 10.5 Å². The summed E-state index contributed by atoms with van der Waals surface area (Å²) in [4.78, 5) is 0. The minimum absolute atomic E-state index is 0.182. The molecule has 3 heteroatoms. The van der Waals surface area contributed by atoms with Crippen LogP contribution in [0.5, 0.6) is 5.75 Å². The predicted molar refractivity (Wildman–Crippen MR) is 64.6 cm³/mol. The minimum Gasteiger partial charge on any atom is -0.489 e. The number of ether oxygens (including phenoxy) is 1. The fourth-order valence-corrected chi connectivity index (χ4v) is 1.56. The summed E-state index contributed by atoms with van der Waals surface area (Å²) in [5, 5.41) is 0.668. The fourth-order valence-electron chi connectivity index (χ4n) is 1.32. The van der Waals surface area contributed by atoms with Crippen LogP contribution in [-0.2, 0) is 6.42 Å². The maximum atomic E-state index is 6.10. The first-order valence-corrected chi connectivity index (χ1v) is 5.71. The summed E-state index contributed by atoms with van der Waals surface area (Å²) < 4.78 is 5.79. The van der Waals surface area contributed by atoms with Crippen molar-refractivity contribution in [3.63, 3.8) is 0 Å². The molecule has 0 saturated carbocycles. The highest BCUT2D eigenvalue weighted by atomic mass is 35.5. The molecule has 2 N–H and O–H groups in total. The Labute approximate surface area is 96.4 Å². The molecule has 0 heterocycles.